The van der Waals surface area contributed by atoms with Crippen LogP contribution < -0.4 is 20.9 Å². The summed E-state index contributed by atoms with van der Waals surface area (Å²) in [4.78, 5) is 27.5. The predicted octanol–water partition coefficient (Wildman–Crippen LogP) is 5.00. The minimum atomic E-state index is -0.482. The smallest absolute Gasteiger partial charge is 0.323 e. The second-order valence-corrected chi connectivity index (χ2v) is 7.99. The van der Waals surface area contributed by atoms with Gasteiger partial charge in [-0.3, -0.25) is 4.79 Å². The molecule has 1 saturated heterocycles. The number of urea groups is 1. The lowest BCUT2D eigenvalue weighted by Crippen LogP contribution is -2.29. The third-order valence-electron chi connectivity index (χ3n) is 4.96. The van der Waals surface area contributed by atoms with E-state index in [4.69, 9.17) is 27.9 Å². The SMILES string of the molecule is COCCCNC(=O)c1cc(NC(=O)Nc2cccc(Cl)c2Cl)ccc1N1CCCC1. The van der Waals surface area contributed by atoms with Crippen LogP contribution in [0.3, 0.4) is 0 Å². The Labute approximate surface area is 192 Å². The van der Waals surface area contributed by atoms with Crippen molar-refractivity contribution in [1.82, 2.24) is 5.32 Å². The van der Waals surface area contributed by atoms with E-state index >= 15 is 0 Å². The number of nitrogens with zero attached hydrogens (tertiary/aromatic N) is 1. The Morgan fingerprint density at radius 1 is 1.10 bits per heavy atom. The number of anilines is 3. The first kappa shape index (κ1) is 23.2. The third-order valence-corrected chi connectivity index (χ3v) is 5.78. The standard InChI is InChI=1S/C22H26Cl2N4O3/c1-31-13-5-10-25-21(29)16-14-15(8-9-19(16)28-11-2-3-12-28)26-22(30)27-18-7-4-6-17(23)20(18)24/h4,6-9,14H,2-3,5,10-13H2,1H3,(H,25,29)(H2,26,27,30). The predicted molar refractivity (Wildman–Crippen MR) is 126 cm³/mol. The number of halogens is 2. The van der Waals surface area contributed by atoms with Crippen molar-refractivity contribution in [2.24, 2.45) is 0 Å². The van der Waals surface area contributed by atoms with Gasteiger partial charge in [-0.2, -0.15) is 0 Å². The van der Waals surface area contributed by atoms with Crippen LogP contribution in [0.1, 0.15) is 29.6 Å². The lowest BCUT2D eigenvalue weighted by molar-refractivity contribution is 0.0949. The molecule has 0 radical (unpaired) electrons. The molecule has 0 aliphatic carbocycles. The van der Waals surface area contributed by atoms with Crippen LogP contribution in [0.5, 0.6) is 0 Å². The third kappa shape index (κ3) is 6.26. The summed E-state index contributed by atoms with van der Waals surface area (Å²) in [7, 11) is 1.63. The summed E-state index contributed by atoms with van der Waals surface area (Å²) in [5, 5.41) is 8.97. The van der Waals surface area contributed by atoms with Crippen molar-refractivity contribution in [2.75, 3.05) is 48.9 Å². The number of hydrogen-bond donors (Lipinski definition) is 3. The van der Waals surface area contributed by atoms with Crippen LogP contribution in [0.15, 0.2) is 36.4 Å². The van der Waals surface area contributed by atoms with Gasteiger partial charge in [-0.05, 0) is 49.6 Å². The quantitative estimate of drug-likeness (QED) is 0.479. The van der Waals surface area contributed by atoms with Crippen molar-refractivity contribution in [3.8, 4) is 0 Å². The molecular weight excluding hydrogens is 439 g/mol. The van der Waals surface area contributed by atoms with Crippen molar-refractivity contribution < 1.29 is 14.3 Å². The highest BCUT2D eigenvalue weighted by molar-refractivity contribution is 6.44. The molecule has 3 rings (SSSR count). The van der Waals surface area contributed by atoms with E-state index < -0.39 is 6.03 Å². The number of carbonyl (C=O) groups is 2. The molecule has 0 unspecified atom stereocenters. The Hall–Kier alpha value is -2.48. The first-order valence-corrected chi connectivity index (χ1v) is 10.9. The van der Waals surface area contributed by atoms with Crippen molar-refractivity contribution in [3.05, 3.63) is 52.0 Å². The van der Waals surface area contributed by atoms with Crippen molar-refractivity contribution in [3.63, 3.8) is 0 Å². The minimum Gasteiger partial charge on any atom is -0.385 e. The summed E-state index contributed by atoms with van der Waals surface area (Å²) >= 11 is 12.1. The monoisotopic (exact) mass is 464 g/mol. The molecule has 2 aromatic carbocycles. The van der Waals surface area contributed by atoms with E-state index in [9.17, 15) is 9.59 Å². The average Bonchev–Trinajstić information content (AvgIpc) is 3.29. The number of hydrogen-bond acceptors (Lipinski definition) is 4. The molecule has 0 atom stereocenters. The van der Waals surface area contributed by atoms with Crippen LogP contribution in [0.4, 0.5) is 21.9 Å². The van der Waals surface area contributed by atoms with Crippen LogP contribution in [-0.2, 0) is 4.74 Å². The van der Waals surface area contributed by atoms with Crippen LogP contribution in [-0.4, -0.2) is 45.3 Å². The summed E-state index contributed by atoms with van der Waals surface area (Å²) < 4.78 is 5.03. The summed E-state index contributed by atoms with van der Waals surface area (Å²) in [6.07, 6.45) is 2.91. The molecule has 0 aromatic heterocycles. The zero-order chi connectivity index (χ0) is 22.2. The molecule has 1 aliphatic heterocycles. The van der Waals surface area contributed by atoms with Gasteiger partial charge >= 0.3 is 6.03 Å². The molecule has 9 heteroatoms. The Bertz CT molecular complexity index is 933. The van der Waals surface area contributed by atoms with E-state index in [0.29, 0.717) is 35.1 Å². The number of ether oxygens (including phenoxy) is 1. The molecule has 1 heterocycles. The zero-order valence-electron chi connectivity index (χ0n) is 17.3. The average molecular weight is 465 g/mol. The second kappa shape index (κ2) is 11.2. The van der Waals surface area contributed by atoms with Gasteiger partial charge in [-0.25, -0.2) is 4.79 Å². The van der Waals surface area contributed by atoms with Gasteiger partial charge in [0.25, 0.3) is 5.91 Å². The molecule has 2 aromatic rings. The molecule has 166 valence electrons. The molecular formula is C22H26Cl2N4O3. The highest BCUT2D eigenvalue weighted by Gasteiger charge is 2.20. The Balaban J connectivity index is 1.75. The number of carbonyl (C=O) groups excluding carboxylic acids is 2. The van der Waals surface area contributed by atoms with Crippen LogP contribution in [0.25, 0.3) is 0 Å². The Kier molecular flexibility index (Phi) is 8.40. The summed E-state index contributed by atoms with van der Waals surface area (Å²) in [5.74, 6) is -0.181. The molecule has 3 amide bonds. The van der Waals surface area contributed by atoms with Gasteiger partial charge in [0.2, 0.25) is 0 Å². The fourth-order valence-corrected chi connectivity index (χ4v) is 3.78. The first-order chi connectivity index (χ1) is 15.0. The maximum Gasteiger partial charge on any atom is 0.323 e. The van der Waals surface area contributed by atoms with Crippen molar-refractivity contribution >= 4 is 52.2 Å². The normalized spacial score (nSPS) is 13.2. The molecule has 0 saturated carbocycles. The van der Waals surface area contributed by atoms with Crippen LogP contribution >= 0.6 is 23.2 Å². The number of methoxy groups -OCH3 is 1. The van der Waals surface area contributed by atoms with Crippen molar-refractivity contribution in [1.29, 1.82) is 0 Å². The lowest BCUT2D eigenvalue weighted by atomic mass is 10.1. The largest absolute Gasteiger partial charge is 0.385 e. The van der Waals surface area contributed by atoms with E-state index in [1.54, 1.807) is 37.4 Å². The molecule has 1 aliphatic rings. The van der Waals surface area contributed by atoms with Crippen LogP contribution in [0.2, 0.25) is 10.0 Å². The molecule has 1 fully saturated rings. The second-order valence-electron chi connectivity index (χ2n) is 7.21. The van der Waals surface area contributed by atoms with E-state index in [2.05, 4.69) is 20.9 Å². The van der Waals surface area contributed by atoms with Crippen molar-refractivity contribution in [2.45, 2.75) is 19.3 Å². The van der Waals surface area contributed by atoms with Gasteiger partial charge in [-0.1, -0.05) is 29.3 Å². The van der Waals surface area contributed by atoms with E-state index in [-0.39, 0.29) is 10.9 Å². The molecule has 31 heavy (non-hydrogen) atoms. The summed E-state index contributed by atoms with van der Waals surface area (Å²) in [5.41, 5.74) is 2.29. The Morgan fingerprint density at radius 2 is 1.87 bits per heavy atom. The highest BCUT2D eigenvalue weighted by Crippen LogP contribution is 2.30. The number of nitrogens with one attached hydrogen (secondary N) is 3. The van der Waals surface area contributed by atoms with E-state index in [1.807, 2.05) is 6.07 Å². The minimum absolute atomic E-state index is 0.181. The van der Waals surface area contributed by atoms with Crippen LogP contribution in [0, 0.1) is 0 Å². The maximum atomic E-state index is 12.9. The molecule has 0 spiro atoms. The lowest BCUT2D eigenvalue weighted by Gasteiger charge is -2.22. The summed E-state index contributed by atoms with van der Waals surface area (Å²) in [6.45, 7) is 2.90. The number of benzene rings is 2. The number of rotatable bonds is 8. The summed E-state index contributed by atoms with van der Waals surface area (Å²) in [6, 6.07) is 9.86. The van der Waals surface area contributed by atoms with Gasteiger partial charge in [0, 0.05) is 44.7 Å². The zero-order valence-corrected chi connectivity index (χ0v) is 18.9. The highest BCUT2D eigenvalue weighted by atomic mass is 35.5. The van der Waals surface area contributed by atoms with Gasteiger partial charge in [0.15, 0.2) is 0 Å². The van der Waals surface area contributed by atoms with Gasteiger partial charge in [-0.15, -0.1) is 0 Å². The van der Waals surface area contributed by atoms with E-state index in [1.165, 1.54) is 0 Å². The first-order valence-electron chi connectivity index (χ1n) is 10.2. The maximum absolute atomic E-state index is 12.9. The molecule has 7 nitrogen and oxygen atoms in total. The topological polar surface area (TPSA) is 82.7 Å². The fraction of sp³-hybridized carbons (Fsp3) is 0.364. The number of amides is 3. The molecule has 0 bridgehead atoms. The molecule has 3 N–H and O–H groups in total. The van der Waals surface area contributed by atoms with Gasteiger partial charge < -0.3 is 25.6 Å². The van der Waals surface area contributed by atoms with Gasteiger partial charge in [0.1, 0.15) is 0 Å². The van der Waals surface area contributed by atoms with E-state index in [0.717, 1.165) is 38.0 Å². The fourth-order valence-electron chi connectivity index (χ4n) is 3.43. The Morgan fingerprint density at radius 3 is 2.61 bits per heavy atom. The van der Waals surface area contributed by atoms with Gasteiger partial charge in [0.05, 0.1) is 21.3 Å².